The van der Waals surface area contributed by atoms with Crippen LogP contribution in [0.4, 0.5) is 0 Å². The van der Waals surface area contributed by atoms with E-state index in [9.17, 15) is 8.76 Å². The van der Waals surface area contributed by atoms with Gasteiger partial charge in [-0.2, -0.15) is 0 Å². The Hall–Kier alpha value is -1.46. The van der Waals surface area contributed by atoms with Gasteiger partial charge < -0.3 is 9.08 Å². The molecule has 0 amide bonds. The van der Waals surface area contributed by atoms with Gasteiger partial charge in [0.15, 0.2) is 0 Å². The lowest BCUT2D eigenvalue weighted by atomic mass is 10.4. The Kier molecular flexibility index (Phi) is 4.60. The van der Waals surface area contributed by atoms with Crippen molar-refractivity contribution in [2.24, 2.45) is 0 Å². The van der Waals surface area contributed by atoms with Gasteiger partial charge >= 0.3 is 0 Å². The molecule has 2 aromatic rings. The van der Waals surface area contributed by atoms with Crippen molar-refractivity contribution in [2.75, 3.05) is 0 Å². The lowest BCUT2D eigenvalue weighted by molar-refractivity contribution is 0.420. The Morgan fingerprint density at radius 3 is 2.21 bits per heavy atom. The molecule has 1 unspecified atom stereocenters. The van der Waals surface area contributed by atoms with Crippen LogP contribution in [0.1, 0.15) is 0 Å². The minimum absolute atomic E-state index is 0.331. The summed E-state index contributed by atoms with van der Waals surface area (Å²) < 4.78 is 24.7. The summed E-state index contributed by atoms with van der Waals surface area (Å²) in [6.45, 7) is 0. The number of aromatic nitrogens is 1. The maximum absolute atomic E-state index is 10.2. The fraction of sp³-hybridized carbons (Fsp3) is 0. The van der Waals surface area contributed by atoms with Crippen molar-refractivity contribution >= 4 is 11.1 Å². The molecule has 0 saturated heterocycles. The average Bonchev–Trinajstić information content (AvgIpc) is 2.77. The van der Waals surface area contributed by atoms with E-state index in [0.29, 0.717) is 4.90 Å². The monoisotopic (exact) mass is 210 g/mol. The Balaban J connectivity index is 0.000000165. The first kappa shape index (κ1) is 10.6. The van der Waals surface area contributed by atoms with Gasteiger partial charge in [0.25, 0.3) is 0 Å². The first-order chi connectivity index (χ1) is 6.80. The highest BCUT2D eigenvalue weighted by molar-refractivity contribution is 7.79. The molecule has 74 valence electrons. The number of hydrogen-bond donors (Lipinski definition) is 0. The first-order valence-corrected chi connectivity index (χ1v) is 4.87. The molecule has 14 heavy (non-hydrogen) atoms. The van der Waals surface area contributed by atoms with E-state index >= 15 is 0 Å². The van der Waals surface area contributed by atoms with Crippen LogP contribution < -0.4 is 0 Å². The second-order valence-electron chi connectivity index (χ2n) is 2.24. The molecule has 0 spiro atoms. The predicted molar refractivity (Wildman–Crippen MR) is 50.1 cm³/mol. The number of nitrogens with zero attached hydrogens (tertiary/aromatic N) is 1. The van der Waals surface area contributed by atoms with E-state index in [1.807, 2.05) is 0 Å². The van der Waals surface area contributed by atoms with Crippen molar-refractivity contribution in [1.82, 2.24) is 5.16 Å². The molecule has 0 aliphatic rings. The van der Waals surface area contributed by atoms with Gasteiger partial charge in [-0.15, -0.1) is 0 Å². The minimum atomic E-state index is -2.08. The van der Waals surface area contributed by atoms with Gasteiger partial charge in [-0.05, 0) is 29.3 Å². The van der Waals surface area contributed by atoms with Gasteiger partial charge in [-0.25, -0.2) is 0 Å². The molecule has 0 bridgehead atoms. The molecule has 1 aromatic heterocycles. The second kappa shape index (κ2) is 6.06. The summed E-state index contributed by atoms with van der Waals surface area (Å²) >= 11 is -2.08. The maximum Gasteiger partial charge on any atom is 0.123 e. The van der Waals surface area contributed by atoms with Crippen LogP contribution in [0.3, 0.4) is 0 Å². The van der Waals surface area contributed by atoms with E-state index in [-0.39, 0.29) is 0 Å². The van der Waals surface area contributed by atoms with Gasteiger partial charge in [0.1, 0.15) is 6.26 Å². The van der Waals surface area contributed by atoms with E-state index < -0.39 is 11.1 Å². The van der Waals surface area contributed by atoms with Crippen LogP contribution in [0.25, 0.3) is 0 Å². The third-order valence-electron chi connectivity index (χ3n) is 1.28. The molecule has 0 saturated carbocycles. The summed E-state index contributed by atoms with van der Waals surface area (Å²) in [6.07, 6.45) is 3.10. The molecule has 0 fully saturated rings. The summed E-state index contributed by atoms with van der Waals surface area (Å²) in [5, 5.41) is 3.35. The quantitative estimate of drug-likeness (QED) is 0.670. The van der Waals surface area contributed by atoms with Crippen LogP contribution >= 0.6 is 0 Å². The van der Waals surface area contributed by atoms with E-state index in [2.05, 4.69) is 9.68 Å². The lowest BCUT2D eigenvalue weighted by Crippen LogP contribution is -1.85. The number of rotatable bonds is 1. The average molecular weight is 210 g/mol. The van der Waals surface area contributed by atoms with E-state index in [1.165, 1.54) is 6.26 Å². The van der Waals surface area contributed by atoms with Crippen LogP contribution in [0, 0.1) is 0 Å². The van der Waals surface area contributed by atoms with Crippen molar-refractivity contribution in [3.05, 3.63) is 48.9 Å². The molecule has 0 radical (unpaired) electrons. The SMILES string of the molecule is O=S([O-])c1ccccc1.c1cnoc1. The molecular formula is C9H8NO3S-. The lowest BCUT2D eigenvalue weighted by Gasteiger charge is -2.01. The normalized spacial score (nSPS) is 11.2. The second-order valence-corrected chi connectivity index (χ2v) is 3.18. The number of hydrogen-bond acceptors (Lipinski definition) is 4. The summed E-state index contributed by atoms with van der Waals surface area (Å²) in [4.78, 5) is 0.331. The Morgan fingerprint density at radius 2 is 1.93 bits per heavy atom. The minimum Gasteiger partial charge on any atom is -0.768 e. The molecule has 0 aliphatic carbocycles. The van der Waals surface area contributed by atoms with Crippen molar-refractivity contribution in [1.29, 1.82) is 0 Å². The van der Waals surface area contributed by atoms with Crippen LogP contribution in [0.5, 0.6) is 0 Å². The van der Waals surface area contributed by atoms with Crippen LogP contribution in [0.2, 0.25) is 0 Å². The molecule has 5 heteroatoms. The third kappa shape index (κ3) is 3.97. The van der Waals surface area contributed by atoms with E-state index in [0.717, 1.165) is 0 Å². The van der Waals surface area contributed by atoms with Gasteiger partial charge in [0.05, 0.1) is 6.20 Å². The first-order valence-electron chi connectivity index (χ1n) is 3.79. The Morgan fingerprint density at radius 1 is 1.21 bits per heavy atom. The largest absolute Gasteiger partial charge is 0.768 e. The zero-order valence-electron chi connectivity index (χ0n) is 7.20. The van der Waals surface area contributed by atoms with Crippen LogP contribution in [-0.2, 0) is 11.1 Å². The Labute approximate surface area is 83.8 Å². The summed E-state index contributed by atoms with van der Waals surface area (Å²) in [5.74, 6) is 0. The fourth-order valence-electron chi connectivity index (χ4n) is 0.707. The molecule has 4 nitrogen and oxygen atoms in total. The van der Waals surface area contributed by atoms with Crippen molar-refractivity contribution in [3.8, 4) is 0 Å². The van der Waals surface area contributed by atoms with Crippen molar-refractivity contribution < 1.29 is 13.3 Å². The van der Waals surface area contributed by atoms with E-state index in [4.69, 9.17) is 0 Å². The molecule has 2 rings (SSSR count). The van der Waals surface area contributed by atoms with Crippen molar-refractivity contribution in [3.63, 3.8) is 0 Å². The summed E-state index contributed by atoms with van der Waals surface area (Å²) in [7, 11) is 0. The molecule has 1 atom stereocenters. The van der Waals surface area contributed by atoms with E-state index in [1.54, 1.807) is 42.6 Å². The molecule has 0 N–H and O–H groups in total. The van der Waals surface area contributed by atoms with Crippen LogP contribution in [0.15, 0.2) is 58.3 Å². The molecular weight excluding hydrogens is 202 g/mol. The highest BCUT2D eigenvalue weighted by Crippen LogP contribution is 2.00. The maximum atomic E-state index is 10.2. The van der Waals surface area contributed by atoms with Gasteiger partial charge in [-0.3, -0.25) is 4.21 Å². The number of benzene rings is 1. The zero-order chi connectivity index (χ0) is 10.2. The molecule has 1 aromatic carbocycles. The fourth-order valence-corrected chi connectivity index (χ4v) is 1.09. The predicted octanol–water partition coefficient (Wildman–Crippen LogP) is 1.60. The van der Waals surface area contributed by atoms with Gasteiger partial charge in [0, 0.05) is 4.90 Å². The smallest absolute Gasteiger partial charge is 0.123 e. The van der Waals surface area contributed by atoms with Crippen LogP contribution in [-0.4, -0.2) is 13.9 Å². The molecule has 0 aliphatic heterocycles. The molecule has 1 heterocycles. The van der Waals surface area contributed by atoms with Gasteiger partial charge in [0.2, 0.25) is 0 Å². The standard InChI is InChI=1S/C6H6O2S.C3H3NO/c7-9(8)6-4-2-1-3-5-6;1-2-4-5-3-1/h1-5H,(H,7,8);1-3H/p-1. The topological polar surface area (TPSA) is 66.2 Å². The zero-order valence-corrected chi connectivity index (χ0v) is 8.02. The summed E-state index contributed by atoms with van der Waals surface area (Å²) in [5.41, 5.74) is 0. The van der Waals surface area contributed by atoms with Crippen molar-refractivity contribution in [2.45, 2.75) is 4.90 Å². The Bertz CT molecular complexity index is 344. The van der Waals surface area contributed by atoms with Gasteiger partial charge in [-0.1, -0.05) is 23.4 Å². The summed E-state index contributed by atoms with van der Waals surface area (Å²) in [6, 6.07) is 9.96. The highest BCUT2D eigenvalue weighted by Gasteiger charge is 1.84. The highest BCUT2D eigenvalue weighted by atomic mass is 32.2. The third-order valence-corrected chi connectivity index (χ3v) is 1.94.